The summed E-state index contributed by atoms with van der Waals surface area (Å²) in [7, 11) is -9.95. The van der Waals surface area contributed by atoms with Gasteiger partial charge in [-0.1, -0.05) is 155 Å². The topological polar surface area (TPSA) is 167 Å². The molecule has 12 heteroatoms. The van der Waals surface area contributed by atoms with E-state index in [0.29, 0.717) is 12.8 Å². The van der Waals surface area contributed by atoms with Crippen LogP contribution in [0.5, 0.6) is 0 Å². The maximum absolute atomic E-state index is 12.6. The van der Waals surface area contributed by atoms with E-state index >= 15 is 0 Å². The molecule has 0 aromatic carbocycles. The van der Waals surface area contributed by atoms with Gasteiger partial charge >= 0.3 is 0 Å². The molecule has 4 N–H and O–H groups in total. The molecule has 2 amide bonds. The van der Waals surface area contributed by atoms with Gasteiger partial charge in [0.2, 0.25) is 11.8 Å². The normalized spacial score (nSPS) is 14.1. The molecule has 2 unspecified atom stereocenters. The van der Waals surface area contributed by atoms with Crippen molar-refractivity contribution >= 4 is 32.1 Å². The van der Waals surface area contributed by atoms with E-state index in [1.54, 1.807) is 0 Å². The molecule has 0 aliphatic heterocycles. The van der Waals surface area contributed by atoms with Crippen molar-refractivity contribution < 1.29 is 35.5 Å². The second kappa shape index (κ2) is 26.7. The second-order valence-electron chi connectivity index (χ2n) is 13.3. The average molecular weight is 697 g/mol. The van der Waals surface area contributed by atoms with Gasteiger partial charge in [0.05, 0.1) is 0 Å². The van der Waals surface area contributed by atoms with Crippen LogP contribution in [-0.4, -0.2) is 48.0 Å². The van der Waals surface area contributed by atoms with Gasteiger partial charge in [0.1, 0.15) is 0 Å². The fraction of sp³-hybridized carbons (Fsp3) is 0.941. The highest BCUT2D eigenvalue weighted by atomic mass is 32.2. The minimum atomic E-state index is -5.01. The van der Waals surface area contributed by atoms with Gasteiger partial charge < -0.3 is 10.6 Å². The van der Waals surface area contributed by atoms with Crippen LogP contribution in [0.25, 0.3) is 0 Å². The van der Waals surface area contributed by atoms with Gasteiger partial charge in [-0.15, -0.1) is 0 Å². The average Bonchev–Trinajstić information content (AvgIpc) is 2.97. The summed E-state index contributed by atoms with van der Waals surface area (Å²) in [5.74, 6) is -1.32. The Kier molecular flexibility index (Phi) is 26.0. The molecule has 0 spiro atoms. The van der Waals surface area contributed by atoms with E-state index in [1.807, 2.05) is 0 Å². The quantitative estimate of drug-likeness (QED) is 0.0401. The van der Waals surface area contributed by atoms with Gasteiger partial charge in [-0.05, 0) is 19.8 Å². The standard InChI is InChI=1S/C34H68N2O8S2/c1-4-6-8-10-12-14-16-17-19-20-22-24-26-28-31(37)35-33(45(39,40)41)30-34(3,46(42,43)44)36-32(38)29-27-25-23-21-18-15-13-11-9-7-5-2/h33H,4-30H2,1-3H3,(H,35,37)(H,36,38)(H,39,40,41)(H,42,43,44). The first-order valence-electron chi connectivity index (χ1n) is 18.3. The van der Waals surface area contributed by atoms with E-state index in [4.69, 9.17) is 0 Å². The Hall–Kier alpha value is -1.24. The van der Waals surface area contributed by atoms with Crippen LogP contribution in [-0.2, 0) is 29.8 Å². The Balaban J connectivity index is 4.53. The molecule has 10 nitrogen and oxygen atoms in total. The lowest BCUT2D eigenvalue weighted by molar-refractivity contribution is -0.122. The van der Waals surface area contributed by atoms with Gasteiger partial charge in [-0.25, -0.2) is 0 Å². The van der Waals surface area contributed by atoms with E-state index in [0.717, 1.165) is 58.3 Å². The monoisotopic (exact) mass is 696 g/mol. The zero-order chi connectivity index (χ0) is 34.7. The number of nitrogens with one attached hydrogen (secondary N) is 2. The lowest BCUT2D eigenvalue weighted by Crippen LogP contribution is -2.57. The van der Waals surface area contributed by atoms with Crippen LogP contribution in [0.3, 0.4) is 0 Å². The third kappa shape index (κ3) is 24.0. The molecule has 0 radical (unpaired) electrons. The lowest BCUT2D eigenvalue weighted by atomic mass is 10.0. The Morgan fingerprint density at radius 3 is 1.15 bits per heavy atom. The van der Waals surface area contributed by atoms with Crippen LogP contribution >= 0.6 is 0 Å². The van der Waals surface area contributed by atoms with Gasteiger partial charge in [-0.2, -0.15) is 16.8 Å². The van der Waals surface area contributed by atoms with Crippen LogP contribution in [0.4, 0.5) is 0 Å². The van der Waals surface area contributed by atoms with Crippen molar-refractivity contribution in [1.82, 2.24) is 10.6 Å². The van der Waals surface area contributed by atoms with Gasteiger partial charge in [0, 0.05) is 19.3 Å². The maximum atomic E-state index is 12.6. The Labute approximate surface area is 281 Å². The van der Waals surface area contributed by atoms with Crippen LogP contribution in [0.15, 0.2) is 0 Å². The SMILES string of the molecule is CCCCCCCCCCCCCCCC(=O)NC(CC(C)(NC(=O)CCCCCCCCCCCCC)S(=O)(=O)O)S(=O)(=O)O. The van der Waals surface area contributed by atoms with Crippen molar-refractivity contribution in [2.75, 3.05) is 0 Å². The van der Waals surface area contributed by atoms with E-state index < -0.39 is 48.7 Å². The van der Waals surface area contributed by atoms with Crippen LogP contribution < -0.4 is 10.6 Å². The van der Waals surface area contributed by atoms with Crippen molar-refractivity contribution in [3.05, 3.63) is 0 Å². The van der Waals surface area contributed by atoms with Crippen LogP contribution in [0.2, 0.25) is 0 Å². The molecule has 2 atom stereocenters. The summed E-state index contributed by atoms with van der Waals surface area (Å²) in [5.41, 5.74) is 0. The molecule has 0 fully saturated rings. The molecule has 0 rings (SSSR count). The summed E-state index contributed by atoms with van der Waals surface area (Å²) >= 11 is 0. The third-order valence-electron chi connectivity index (χ3n) is 8.74. The number of carbonyl (C=O) groups excluding carboxylic acids is 2. The summed E-state index contributed by atoms with van der Waals surface area (Å²) < 4.78 is 68.3. The minimum absolute atomic E-state index is 0.00404. The van der Waals surface area contributed by atoms with E-state index in [2.05, 4.69) is 24.5 Å². The van der Waals surface area contributed by atoms with E-state index in [9.17, 15) is 35.5 Å². The Morgan fingerprint density at radius 1 is 0.543 bits per heavy atom. The first kappa shape index (κ1) is 44.8. The Morgan fingerprint density at radius 2 is 0.848 bits per heavy atom. The summed E-state index contributed by atoms with van der Waals surface area (Å²) in [4.78, 5) is 22.7. The predicted molar refractivity (Wildman–Crippen MR) is 188 cm³/mol. The molecule has 0 heterocycles. The van der Waals surface area contributed by atoms with Crippen molar-refractivity contribution in [2.24, 2.45) is 0 Å². The number of carbonyl (C=O) groups is 2. The second-order valence-corrected chi connectivity index (χ2v) is 16.8. The van der Waals surface area contributed by atoms with Crippen LogP contribution in [0, 0.1) is 0 Å². The molecular formula is C34H68N2O8S2. The first-order valence-corrected chi connectivity index (χ1v) is 21.2. The number of unbranched alkanes of at least 4 members (excludes halogenated alkanes) is 22. The molecule has 0 bridgehead atoms. The molecule has 0 aromatic heterocycles. The van der Waals surface area contributed by atoms with Gasteiger partial charge in [-0.3, -0.25) is 18.7 Å². The highest BCUT2D eigenvalue weighted by molar-refractivity contribution is 7.87. The molecule has 0 aliphatic carbocycles. The summed E-state index contributed by atoms with van der Waals surface area (Å²) in [6, 6.07) is 0. The number of hydrogen-bond acceptors (Lipinski definition) is 6. The highest BCUT2D eigenvalue weighted by Crippen LogP contribution is 2.23. The van der Waals surface area contributed by atoms with Crippen molar-refractivity contribution in [2.45, 2.75) is 204 Å². The number of amides is 2. The zero-order valence-corrected chi connectivity index (χ0v) is 31.0. The molecule has 0 aliphatic rings. The largest absolute Gasteiger partial charge is 0.337 e. The molecule has 46 heavy (non-hydrogen) atoms. The zero-order valence-electron chi connectivity index (χ0n) is 29.3. The number of rotatable bonds is 32. The van der Waals surface area contributed by atoms with Crippen LogP contribution in [0.1, 0.15) is 194 Å². The fourth-order valence-corrected chi connectivity index (χ4v) is 7.22. The van der Waals surface area contributed by atoms with E-state index in [-0.39, 0.29) is 12.8 Å². The highest BCUT2D eigenvalue weighted by Gasteiger charge is 2.45. The Bertz CT molecular complexity index is 1000. The van der Waals surface area contributed by atoms with Gasteiger partial charge in [0.15, 0.2) is 10.2 Å². The summed E-state index contributed by atoms with van der Waals surface area (Å²) in [6.45, 7) is 5.38. The lowest BCUT2D eigenvalue weighted by Gasteiger charge is -2.30. The smallest absolute Gasteiger partial charge is 0.288 e. The van der Waals surface area contributed by atoms with E-state index in [1.165, 1.54) is 89.9 Å². The van der Waals surface area contributed by atoms with Crippen molar-refractivity contribution in [3.63, 3.8) is 0 Å². The molecule has 0 saturated heterocycles. The minimum Gasteiger partial charge on any atom is -0.337 e. The fourth-order valence-electron chi connectivity index (χ4n) is 5.67. The predicted octanol–water partition coefficient (Wildman–Crippen LogP) is 8.61. The molecular weight excluding hydrogens is 629 g/mol. The summed E-state index contributed by atoms with van der Waals surface area (Å²) in [6.07, 6.45) is 25.7. The molecule has 274 valence electrons. The van der Waals surface area contributed by atoms with Crippen molar-refractivity contribution in [1.29, 1.82) is 0 Å². The molecule has 0 aromatic rings. The maximum Gasteiger partial charge on any atom is 0.288 e. The van der Waals surface area contributed by atoms with Crippen molar-refractivity contribution in [3.8, 4) is 0 Å². The first-order chi connectivity index (χ1) is 21.8. The third-order valence-corrected chi connectivity index (χ3v) is 11.2. The molecule has 0 saturated carbocycles. The van der Waals surface area contributed by atoms with Gasteiger partial charge in [0.25, 0.3) is 20.2 Å². The number of hydrogen-bond donors (Lipinski definition) is 4. The summed E-state index contributed by atoms with van der Waals surface area (Å²) in [5, 5.41) is 2.41.